The minimum atomic E-state index is -0.416. The topological polar surface area (TPSA) is 13.1 Å². The van der Waals surface area contributed by atoms with Crippen LogP contribution in [0.3, 0.4) is 0 Å². The zero-order valence-electron chi connectivity index (χ0n) is 29.0. The molecule has 0 fully saturated rings. The lowest BCUT2D eigenvalue weighted by molar-refractivity contribution is 0.670. The molecular formula is C44H26O. The molecule has 0 atom stereocenters. The molecule has 0 aliphatic rings. The van der Waals surface area contributed by atoms with E-state index in [-0.39, 0.29) is 29.7 Å². The molecule has 10 aromatic rings. The average Bonchev–Trinajstić information content (AvgIpc) is 3.55. The number of hydrogen-bond acceptors (Lipinski definition) is 1. The standard InChI is InChI=1S/C44H26O/c1-2-9-28(10-3-1)32-14-7-17-39-43-36(16-8-18-40(43)45-44(32)39)35-24-20-30-21-25-37-34(23-19-29-22-26-38(35)42(30)41(29)37)33-15-6-12-27-11-4-5-13-31(27)33/h1-26H/i1D,2D,3D,9D,10D. The van der Waals surface area contributed by atoms with Crippen LogP contribution in [0.2, 0.25) is 0 Å². The van der Waals surface area contributed by atoms with E-state index in [0.29, 0.717) is 16.7 Å². The van der Waals surface area contributed by atoms with Crippen molar-refractivity contribution in [3.63, 3.8) is 0 Å². The lowest BCUT2D eigenvalue weighted by atomic mass is 9.86. The largest absolute Gasteiger partial charge is 0.455 e. The summed E-state index contributed by atoms with van der Waals surface area (Å²) in [4.78, 5) is 0. The van der Waals surface area contributed by atoms with Gasteiger partial charge in [-0.1, -0.05) is 152 Å². The molecule has 0 spiro atoms. The molecule has 0 radical (unpaired) electrons. The van der Waals surface area contributed by atoms with E-state index in [2.05, 4.69) is 97.1 Å². The van der Waals surface area contributed by atoms with Gasteiger partial charge in [0.05, 0.1) is 6.85 Å². The van der Waals surface area contributed by atoms with Crippen LogP contribution in [0.15, 0.2) is 162 Å². The number of rotatable bonds is 3. The van der Waals surface area contributed by atoms with E-state index in [1.165, 1.54) is 48.8 Å². The molecule has 1 heterocycles. The van der Waals surface area contributed by atoms with Crippen LogP contribution in [0, 0.1) is 0 Å². The second-order valence-electron chi connectivity index (χ2n) is 11.6. The fourth-order valence-electron chi connectivity index (χ4n) is 7.38. The second kappa shape index (κ2) is 9.29. The highest BCUT2D eigenvalue weighted by atomic mass is 16.3. The van der Waals surface area contributed by atoms with Crippen LogP contribution in [0.4, 0.5) is 0 Å². The number of fused-ring (bicyclic) bond motifs is 4. The van der Waals surface area contributed by atoms with E-state index in [1.807, 2.05) is 24.3 Å². The lowest BCUT2D eigenvalue weighted by Gasteiger charge is -2.17. The number of benzene rings is 9. The Balaban J connectivity index is 1.25. The third-order valence-electron chi connectivity index (χ3n) is 9.33. The monoisotopic (exact) mass is 575 g/mol. The zero-order valence-corrected chi connectivity index (χ0v) is 24.0. The average molecular weight is 576 g/mol. The highest BCUT2D eigenvalue weighted by Gasteiger charge is 2.19. The van der Waals surface area contributed by atoms with Gasteiger partial charge in [-0.05, 0) is 77.0 Å². The molecule has 10 rings (SSSR count). The molecule has 0 bridgehead atoms. The van der Waals surface area contributed by atoms with Crippen molar-refractivity contribution >= 4 is 65.0 Å². The molecule has 0 aliphatic carbocycles. The van der Waals surface area contributed by atoms with Gasteiger partial charge in [0, 0.05) is 16.3 Å². The molecule has 0 saturated carbocycles. The van der Waals surface area contributed by atoms with Crippen LogP contribution in [0.25, 0.3) is 98.4 Å². The van der Waals surface area contributed by atoms with Gasteiger partial charge in [-0.2, -0.15) is 0 Å². The summed E-state index contributed by atoms with van der Waals surface area (Å²) in [6, 6.07) is 42.8. The fourth-order valence-corrected chi connectivity index (χ4v) is 7.38. The van der Waals surface area contributed by atoms with Crippen molar-refractivity contribution in [2.24, 2.45) is 0 Å². The van der Waals surface area contributed by atoms with Gasteiger partial charge < -0.3 is 4.42 Å². The smallest absolute Gasteiger partial charge is 0.143 e. The van der Waals surface area contributed by atoms with Gasteiger partial charge in [-0.15, -0.1) is 0 Å². The van der Waals surface area contributed by atoms with Gasteiger partial charge in [0.1, 0.15) is 11.2 Å². The van der Waals surface area contributed by atoms with Gasteiger partial charge in [0.2, 0.25) is 0 Å². The van der Waals surface area contributed by atoms with Crippen LogP contribution >= 0.6 is 0 Å². The summed E-state index contributed by atoms with van der Waals surface area (Å²) in [5, 5.41) is 11.3. The molecule has 9 aromatic carbocycles. The Hall–Kier alpha value is -5.92. The summed E-state index contributed by atoms with van der Waals surface area (Å²) in [5.74, 6) is 0. The summed E-state index contributed by atoms with van der Waals surface area (Å²) >= 11 is 0. The van der Waals surface area contributed by atoms with Gasteiger partial charge in [-0.25, -0.2) is 0 Å². The predicted molar refractivity (Wildman–Crippen MR) is 191 cm³/mol. The van der Waals surface area contributed by atoms with E-state index in [9.17, 15) is 0 Å². The Morgan fingerprint density at radius 3 is 1.76 bits per heavy atom. The fraction of sp³-hybridized carbons (Fsp3) is 0. The lowest BCUT2D eigenvalue weighted by Crippen LogP contribution is -1.90. The summed E-state index contributed by atoms with van der Waals surface area (Å²) in [6.45, 7) is 0. The number of furan rings is 1. The molecule has 1 nitrogen and oxygen atoms in total. The van der Waals surface area contributed by atoms with Crippen LogP contribution in [0.1, 0.15) is 6.85 Å². The van der Waals surface area contributed by atoms with Crippen molar-refractivity contribution < 1.29 is 11.3 Å². The maximum atomic E-state index is 8.65. The van der Waals surface area contributed by atoms with Crippen molar-refractivity contribution in [3.05, 3.63) is 158 Å². The molecule has 0 N–H and O–H groups in total. The minimum Gasteiger partial charge on any atom is -0.455 e. The molecule has 0 unspecified atom stereocenters. The summed E-state index contributed by atoms with van der Waals surface area (Å²) in [5.41, 5.74) is 6.26. The quantitative estimate of drug-likeness (QED) is 0.191. The maximum Gasteiger partial charge on any atom is 0.143 e. The van der Waals surface area contributed by atoms with Crippen LogP contribution in [-0.4, -0.2) is 0 Å². The maximum absolute atomic E-state index is 8.65. The van der Waals surface area contributed by atoms with E-state index in [4.69, 9.17) is 11.3 Å². The Bertz CT molecular complexity index is 3010. The Labute approximate surface area is 266 Å². The molecule has 1 heteroatoms. The van der Waals surface area contributed by atoms with Crippen LogP contribution in [-0.2, 0) is 0 Å². The van der Waals surface area contributed by atoms with Gasteiger partial charge in [-0.3, -0.25) is 0 Å². The van der Waals surface area contributed by atoms with Crippen molar-refractivity contribution in [2.75, 3.05) is 0 Å². The number of para-hydroxylation sites is 1. The molecular weight excluding hydrogens is 544 g/mol. The highest BCUT2D eigenvalue weighted by molar-refractivity contribution is 6.29. The third kappa shape index (κ3) is 3.50. The summed E-state index contributed by atoms with van der Waals surface area (Å²) in [7, 11) is 0. The summed E-state index contributed by atoms with van der Waals surface area (Å²) in [6.07, 6.45) is 0. The van der Waals surface area contributed by atoms with Crippen molar-refractivity contribution in [1.29, 1.82) is 0 Å². The van der Waals surface area contributed by atoms with Gasteiger partial charge >= 0.3 is 0 Å². The molecule has 0 saturated heterocycles. The molecule has 45 heavy (non-hydrogen) atoms. The van der Waals surface area contributed by atoms with Gasteiger partial charge in [0.15, 0.2) is 0 Å². The first kappa shape index (κ1) is 20.1. The van der Waals surface area contributed by atoms with Crippen LogP contribution < -0.4 is 0 Å². The Morgan fingerprint density at radius 2 is 0.956 bits per heavy atom. The zero-order chi connectivity index (χ0) is 33.8. The third-order valence-corrected chi connectivity index (χ3v) is 9.33. The highest BCUT2D eigenvalue weighted by Crippen LogP contribution is 2.46. The molecule has 208 valence electrons. The SMILES string of the molecule is [2H]c1c([2H])c([2H])c(-c2cccc3c2oc2cccc(-c4ccc5ccc6c(-c7cccc8ccccc78)ccc7ccc4c5c76)c23)c([2H])c1[2H]. The first-order chi connectivity index (χ1) is 24.4. The number of hydrogen-bond donors (Lipinski definition) is 0. The first-order valence-electron chi connectivity index (χ1n) is 17.6. The first-order valence-corrected chi connectivity index (χ1v) is 15.1. The van der Waals surface area contributed by atoms with Crippen molar-refractivity contribution in [2.45, 2.75) is 0 Å². The Kier molecular flexibility index (Phi) is 4.15. The van der Waals surface area contributed by atoms with Crippen molar-refractivity contribution in [3.8, 4) is 33.4 Å². The van der Waals surface area contributed by atoms with E-state index in [0.717, 1.165) is 27.3 Å². The molecule has 0 aliphatic heterocycles. The Morgan fingerprint density at radius 1 is 0.378 bits per heavy atom. The van der Waals surface area contributed by atoms with E-state index in [1.54, 1.807) is 6.07 Å². The normalized spacial score (nSPS) is 13.6. The molecule has 0 amide bonds. The van der Waals surface area contributed by atoms with E-state index >= 15 is 0 Å². The van der Waals surface area contributed by atoms with Gasteiger partial charge in [0.25, 0.3) is 0 Å². The van der Waals surface area contributed by atoms with Crippen molar-refractivity contribution in [1.82, 2.24) is 0 Å². The summed E-state index contributed by atoms with van der Waals surface area (Å²) < 4.78 is 48.4. The van der Waals surface area contributed by atoms with Crippen LogP contribution in [0.5, 0.6) is 0 Å². The minimum absolute atomic E-state index is 0.131. The van der Waals surface area contributed by atoms with E-state index < -0.39 is 6.04 Å². The molecule has 1 aromatic heterocycles. The predicted octanol–water partition coefficient (Wildman–Crippen LogP) is 12.6. The second-order valence-corrected chi connectivity index (χ2v) is 11.6.